The molecule has 21 heteroatoms. The lowest BCUT2D eigenvalue weighted by atomic mass is 9.76. The number of esters is 5. The second kappa shape index (κ2) is 17.5. The van der Waals surface area contributed by atoms with Crippen molar-refractivity contribution in [2.75, 3.05) is 19.8 Å². The van der Waals surface area contributed by atoms with E-state index in [0.29, 0.717) is 0 Å². The highest BCUT2D eigenvalue weighted by Crippen LogP contribution is 2.43. The summed E-state index contributed by atoms with van der Waals surface area (Å²) in [6.45, 7) is 5.17. The van der Waals surface area contributed by atoms with Crippen LogP contribution in [0.1, 0.15) is 37.6 Å². The first kappa shape index (κ1) is 42.3. The van der Waals surface area contributed by atoms with Crippen molar-refractivity contribution in [1.82, 2.24) is 0 Å². The maximum Gasteiger partial charge on any atom is 0.342 e. The van der Waals surface area contributed by atoms with Gasteiger partial charge in [-0.3, -0.25) is 14.4 Å². The van der Waals surface area contributed by atoms with Gasteiger partial charge in [0.05, 0.1) is 25.4 Å². The van der Waals surface area contributed by atoms with Crippen molar-refractivity contribution in [2.45, 2.75) is 100 Å². The Morgan fingerprint density at radius 2 is 1.57 bits per heavy atom. The summed E-state index contributed by atoms with van der Waals surface area (Å²) in [4.78, 5) is 63.1. The predicted molar refractivity (Wildman–Crippen MR) is 176 cm³/mol. The highest BCUT2D eigenvalue weighted by atomic mass is 16.8. The zero-order chi connectivity index (χ0) is 41.1. The van der Waals surface area contributed by atoms with Crippen LogP contribution >= 0.6 is 0 Å². The maximum absolute atomic E-state index is 13.8. The second-order valence-corrected chi connectivity index (χ2v) is 13.1. The van der Waals surface area contributed by atoms with Gasteiger partial charge in [-0.25, -0.2) is 9.59 Å². The number of cyclic esters (lactones) is 1. The maximum atomic E-state index is 13.8. The summed E-state index contributed by atoms with van der Waals surface area (Å²) in [5.74, 6) is -7.44. The van der Waals surface area contributed by atoms with Crippen LogP contribution in [0.25, 0.3) is 0 Å². The molecular weight excluding hydrogens is 756 g/mol. The molecular formula is C35H42O21. The number of phenols is 1. The molecule has 5 rings (SSSR count). The van der Waals surface area contributed by atoms with Crippen molar-refractivity contribution in [3.05, 3.63) is 48.3 Å². The molecule has 6 N–H and O–H groups in total. The summed E-state index contributed by atoms with van der Waals surface area (Å²) >= 11 is 0. The minimum absolute atomic E-state index is 0.0752. The Morgan fingerprint density at radius 3 is 2.21 bits per heavy atom. The summed E-state index contributed by atoms with van der Waals surface area (Å²) < 4.78 is 55.4. The number of carbonyl (C=O) groups is 5. The van der Waals surface area contributed by atoms with Gasteiger partial charge in [0, 0.05) is 27.2 Å². The Bertz CT molecular complexity index is 1690. The van der Waals surface area contributed by atoms with Gasteiger partial charge in [-0.05, 0) is 12.1 Å². The lowest BCUT2D eigenvalue weighted by molar-refractivity contribution is -0.345. The summed E-state index contributed by atoms with van der Waals surface area (Å²) in [7, 11) is 0. The van der Waals surface area contributed by atoms with Gasteiger partial charge in [0.15, 0.2) is 29.8 Å². The molecule has 4 aliphatic heterocycles. The Kier molecular flexibility index (Phi) is 13.2. The van der Waals surface area contributed by atoms with E-state index < -0.39 is 139 Å². The molecule has 4 heterocycles. The number of benzene rings is 1. The number of hydrogen-bond acceptors (Lipinski definition) is 21. The van der Waals surface area contributed by atoms with E-state index in [2.05, 4.69) is 6.58 Å². The van der Waals surface area contributed by atoms with Crippen LogP contribution in [0.15, 0.2) is 42.7 Å². The molecule has 1 aromatic rings. The molecule has 308 valence electrons. The lowest BCUT2D eigenvalue weighted by Gasteiger charge is -2.47. The zero-order valence-corrected chi connectivity index (χ0v) is 30.2. The molecule has 0 aromatic heterocycles. The van der Waals surface area contributed by atoms with Gasteiger partial charge in [0.25, 0.3) is 0 Å². The number of hydrogen-bond donors (Lipinski definition) is 6. The van der Waals surface area contributed by atoms with Crippen molar-refractivity contribution < 1.29 is 102 Å². The predicted octanol–water partition coefficient (Wildman–Crippen LogP) is -2.02. The van der Waals surface area contributed by atoms with Crippen molar-refractivity contribution in [3.8, 4) is 11.5 Å². The molecule has 3 fully saturated rings. The highest BCUT2D eigenvalue weighted by molar-refractivity contribution is 5.93. The van der Waals surface area contributed by atoms with Crippen LogP contribution in [0.5, 0.6) is 11.5 Å². The third kappa shape index (κ3) is 8.74. The standard InChI is InChI=1S/C35H42O21/c1-5-18-32(49-12-19-31(45)47-10-9-35(18,19)46)56-34-29(51-16(4)39)28(50-15(3)38)27(22(54-34)13-48-14(2)37)55-30(44)17-7-6-8-20(23(17)40)52-33-26(43)25(42)24(41)21(11-36)53-33/h5-8,12,18,21-22,24-29,32-34,36,40-43,46H,1,9-11,13H2,2-4H3/t18-,21-,22-,24-,25-,26-,27+,28-,29+,32+,33-,34-,35-/m0/s1. The van der Waals surface area contributed by atoms with Gasteiger partial charge < -0.3 is 78.0 Å². The van der Waals surface area contributed by atoms with E-state index >= 15 is 0 Å². The van der Waals surface area contributed by atoms with Crippen molar-refractivity contribution in [1.29, 1.82) is 0 Å². The van der Waals surface area contributed by atoms with Gasteiger partial charge in [-0.1, -0.05) is 12.1 Å². The third-order valence-corrected chi connectivity index (χ3v) is 9.29. The molecule has 0 radical (unpaired) electrons. The fourth-order valence-electron chi connectivity index (χ4n) is 6.55. The quantitative estimate of drug-likeness (QED) is 0.0756. The number of aliphatic hydroxyl groups is 5. The van der Waals surface area contributed by atoms with E-state index in [1.807, 2.05) is 0 Å². The molecule has 13 atom stereocenters. The zero-order valence-electron chi connectivity index (χ0n) is 30.2. The molecule has 3 saturated heterocycles. The van der Waals surface area contributed by atoms with Crippen LogP contribution in [0.4, 0.5) is 0 Å². The molecule has 0 spiro atoms. The first-order chi connectivity index (χ1) is 26.5. The molecule has 1 aromatic carbocycles. The number of carbonyl (C=O) groups excluding carboxylic acids is 5. The van der Waals surface area contributed by atoms with Crippen LogP contribution in [-0.2, 0) is 61.8 Å². The second-order valence-electron chi connectivity index (χ2n) is 13.1. The number of ether oxygens (including phenoxy) is 10. The minimum atomic E-state index is -1.88. The summed E-state index contributed by atoms with van der Waals surface area (Å²) in [5.41, 5.74) is -2.68. The Morgan fingerprint density at radius 1 is 0.893 bits per heavy atom. The van der Waals surface area contributed by atoms with Gasteiger partial charge in [0.2, 0.25) is 18.9 Å². The van der Waals surface area contributed by atoms with E-state index in [9.17, 15) is 54.6 Å². The Balaban J connectivity index is 1.46. The van der Waals surface area contributed by atoms with E-state index in [-0.39, 0.29) is 18.6 Å². The first-order valence-corrected chi connectivity index (χ1v) is 17.2. The number of aliphatic hydroxyl groups excluding tert-OH is 4. The summed E-state index contributed by atoms with van der Waals surface area (Å²) in [5, 5.41) is 62.8. The van der Waals surface area contributed by atoms with Gasteiger partial charge in [-0.15, -0.1) is 6.58 Å². The Hall–Kier alpha value is -4.87. The molecule has 0 unspecified atom stereocenters. The SMILES string of the molecule is C=C[C@H]1[C@@H](O[C@@H]2O[C@@H](COC(C)=O)[C@@H](OC(=O)c3cccc(O[C@H]4O[C@@H](CO)[C@H](O)[C@H](O)[C@@H]4O)c3O)[C@H](OC(C)=O)[C@H]2OC(C)=O)OC=C2C(=O)OCC[C@@]21O. The monoisotopic (exact) mass is 798 g/mol. The average Bonchev–Trinajstić information content (AvgIpc) is 3.13. The topological polar surface area (TPSA) is 299 Å². The molecule has 21 nitrogen and oxygen atoms in total. The lowest BCUT2D eigenvalue weighted by Crippen LogP contribution is -2.64. The van der Waals surface area contributed by atoms with Crippen molar-refractivity contribution in [2.24, 2.45) is 5.92 Å². The van der Waals surface area contributed by atoms with E-state index in [1.54, 1.807) is 0 Å². The molecule has 56 heavy (non-hydrogen) atoms. The summed E-state index contributed by atoms with van der Waals surface area (Å²) in [6.07, 6.45) is -16.6. The largest absolute Gasteiger partial charge is 0.504 e. The molecule has 0 bridgehead atoms. The van der Waals surface area contributed by atoms with Crippen LogP contribution in [0, 0.1) is 5.92 Å². The van der Waals surface area contributed by atoms with Crippen LogP contribution in [0.2, 0.25) is 0 Å². The third-order valence-electron chi connectivity index (χ3n) is 9.29. The fraction of sp³-hybridized carbons (Fsp3) is 0.571. The van der Waals surface area contributed by atoms with E-state index in [4.69, 9.17) is 47.4 Å². The van der Waals surface area contributed by atoms with Crippen LogP contribution in [-0.4, -0.2) is 154 Å². The fourth-order valence-corrected chi connectivity index (χ4v) is 6.55. The first-order valence-electron chi connectivity index (χ1n) is 17.2. The molecule has 0 aliphatic carbocycles. The normalized spacial score (nSPS) is 35.3. The van der Waals surface area contributed by atoms with Crippen LogP contribution in [0.3, 0.4) is 0 Å². The highest BCUT2D eigenvalue weighted by Gasteiger charge is 2.57. The number of fused-ring (bicyclic) bond motifs is 1. The number of rotatable bonds is 12. The van der Waals surface area contributed by atoms with Crippen molar-refractivity contribution >= 4 is 29.8 Å². The Labute approximate surface area is 317 Å². The van der Waals surface area contributed by atoms with Crippen molar-refractivity contribution in [3.63, 3.8) is 0 Å². The number of para-hydroxylation sites is 1. The van der Waals surface area contributed by atoms with E-state index in [0.717, 1.165) is 39.2 Å². The van der Waals surface area contributed by atoms with Gasteiger partial charge >= 0.3 is 29.8 Å². The molecule has 0 amide bonds. The average molecular weight is 799 g/mol. The van der Waals surface area contributed by atoms with Gasteiger partial charge in [0.1, 0.15) is 53.9 Å². The molecule has 0 saturated carbocycles. The molecule has 4 aliphatic rings. The summed E-state index contributed by atoms with van der Waals surface area (Å²) in [6, 6.07) is 3.45. The van der Waals surface area contributed by atoms with Gasteiger partial charge in [-0.2, -0.15) is 0 Å². The minimum Gasteiger partial charge on any atom is -0.504 e. The number of aromatic hydroxyl groups is 1. The van der Waals surface area contributed by atoms with E-state index in [1.165, 1.54) is 12.1 Å². The van der Waals surface area contributed by atoms with Crippen LogP contribution < -0.4 is 4.74 Å². The smallest absolute Gasteiger partial charge is 0.342 e. The number of phenolic OH excluding ortho intramolecular Hbond substituents is 1.